The van der Waals surface area contributed by atoms with Crippen LogP contribution in [0.15, 0.2) is 12.7 Å². The summed E-state index contributed by atoms with van der Waals surface area (Å²) in [5.41, 5.74) is 0.559. The first kappa shape index (κ1) is 16.4. The van der Waals surface area contributed by atoms with Gasteiger partial charge in [-0.2, -0.15) is 0 Å². The van der Waals surface area contributed by atoms with Crippen LogP contribution in [0.4, 0.5) is 5.13 Å². The van der Waals surface area contributed by atoms with Crippen LogP contribution in [0.1, 0.15) is 42.1 Å². The van der Waals surface area contributed by atoms with Crippen LogP contribution in [0.3, 0.4) is 0 Å². The Kier molecular flexibility index (Phi) is 6.38. The maximum atomic E-state index is 12.0. The van der Waals surface area contributed by atoms with Gasteiger partial charge in [0.25, 0.3) is 0 Å². The van der Waals surface area contributed by atoms with Gasteiger partial charge in [-0.05, 0) is 19.8 Å². The molecule has 110 valence electrons. The lowest BCUT2D eigenvalue weighted by Gasteiger charge is -2.10. The Morgan fingerprint density at radius 3 is 2.65 bits per heavy atom. The predicted octanol–water partition coefficient (Wildman–Crippen LogP) is 3.17. The Bertz CT molecular complexity index is 493. The fourth-order valence-corrected chi connectivity index (χ4v) is 2.57. The number of nitrogens with one attached hydrogen (secondary N) is 1. The molecule has 0 atom stereocenters. The maximum absolute atomic E-state index is 12.0. The first-order chi connectivity index (χ1) is 9.53. The van der Waals surface area contributed by atoms with E-state index in [1.54, 1.807) is 6.92 Å². The van der Waals surface area contributed by atoms with E-state index in [-0.39, 0.29) is 18.4 Å². The number of aryl methyl sites for hydroxylation is 1. The molecule has 0 bridgehead atoms. The van der Waals surface area contributed by atoms with Crippen LogP contribution >= 0.6 is 11.3 Å². The van der Waals surface area contributed by atoms with Crippen molar-refractivity contribution >= 4 is 28.3 Å². The molecule has 1 aromatic rings. The van der Waals surface area contributed by atoms with Gasteiger partial charge in [-0.1, -0.05) is 37.8 Å². The highest BCUT2D eigenvalue weighted by molar-refractivity contribution is 7.17. The fraction of sp³-hybridized carbons (Fsp3) is 0.500. The second kappa shape index (κ2) is 7.79. The van der Waals surface area contributed by atoms with Gasteiger partial charge in [0.2, 0.25) is 5.91 Å². The van der Waals surface area contributed by atoms with Crippen molar-refractivity contribution in [3.05, 3.63) is 23.2 Å². The lowest BCUT2D eigenvalue weighted by molar-refractivity contribution is -0.120. The van der Waals surface area contributed by atoms with Crippen molar-refractivity contribution in [1.29, 1.82) is 0 Å². The molecule has 0 aliphatic carbocycles. The van der Waals surface area contributed by atoms with E-state index in [1.165, 1.54) is 6.08 Å². The molecular weight excluding hydrogens is 276 g/mol. The number of rotatable bonds is 7. The molecule has 0 unspecified atom stereocenters. The van der Waals surface area contributed by atoms with Gasteiger partial charge in [0, 0.05) is 5.92 Å². The van der Waals surface area contributed by atoms with E-state index in [2.05, 4.69) is 16.9 Å². The average Bonchev–Trinajstić information content (AvgIpc) is 2.78. The molecule has 1 aromatic heterocycles. The monoisotopic (exact) mass is 296 g/mol. The summed E-state index contributed by atoms with van der Waals surface area (Å²) in [5, 5.41) is 3.19. The normalized spacial score (nSPS) is 10.4. The standard InChI is InChI=1S/C14H20N2O3S/c1-5-8-19-13(18)11-9(4)15-14(20-11)16-12(17)10(6-2)7-3/h5,10H,1,6-8H2,2-4H3,(H,15,16,17). The lowest BCUT2D eigenvalue weighted by atomic mass is 10.0. The highest BCUT2D eigenvalue weighted by atomic mass is 32.1. The van der Waals surface area contributed by atoms with Crippen molar-refractivity contribution < 1.29 is 14.3 Å². The number of esters is 1. The number of ether oxygens (including phenoxy) is 1. The van der Waals surface area contributed by atoms with Gasteiger partial charge in [0.1, 0.15) is 11.5 Å². The number of nitrogens with zero attached hydrogens (tertiary/aromatic N) is 1. The van der Waals surface area contributed by atoms with Crippen LogP contribution in [-0.4, -0.2) is 23.5 Å². The first-order valence-electron chi connectivity index (χ1n) is 6.59. The zero-order valence-corrected chi connectivity index (χ0v) is 12.9. The molecule has 0 aromatic carbocycles. The summed E-state index contributed by atoms with van der Waals surface area (Å²) in [6.07, 6.45) is 3.06. The lowest BCUT2D eigenvalue weighted by Crippen LogP contribution is -2.21. The van der Waals surface area contributed by atoms with Crippen LogP contribution < -0.4 is 5.32 Å². The highest BCUT2D eigenvalue weighted by Gasteiger charge is 2.20. The van der Waals surface area contributed by atoms with Crippen molar-refractivity contribution in [3.63, 3.8) is 0 Å². The zero-order chi connectivity index (χ0) is 15.1. The van der Waals surface area contributed by atoms with E-state index >= 15 is 0 Å². The molecule has 0 spiro atoms. The number of thiazole rings is 1. The van der Waals surface area contributed by atoms with Crippen molar-refractivity contribution in [1.82, 2.24) is 4.98 Å². The van der Waals surface area contributed by atoms with E-state index in [1.807, 2.05) is 13.8 Å². The molecule has 20 heavy (non-hydrogen) atoms. The molecule has 1 rings (SSSR count). The molecule has 6 heteroatoms. The number of aromatic nitrogens is 1. The van der Waals surface area contributed by atoms with Crippen molar-refractivity contribution in [2.75, 3.05) is 11.9 Å². The van der Waals surface area contributed by atoms with Gasteiger partial charge in [0.15, 0.2) is 5.13 Å². The van der Waals surface area contributed by atoms with Crippen LogP contribution in [0.25, 0.3) is 0 Å². The predicted molar refractivity (Wildman–Crippen MR) is 80.0 cm³/mol. The SMILES string of the molecule is C=CCOC(=O)c1sc(NC(=O)C(CC)CC)nc1C. The van der Waals surface area contributed by atoms with Gasteiger partial charge in [-0.3, -0.25) is 4.79 Å². The molecule has 0 fully saturated rings. The quantitative estimate of drug-likeness (QED) is 0.620. The minimum Gasteiger partial charge on any atom is -0.457 e. The van der Waals surface area contributed by atoms with E-state index in [4.69, 9.17) is 4.74 Å². The third-order valence-corrected chi connectivity index (χ3v) is 3.95. The van der Waals surface area contributed by atoms with Gasteiger partial charge >= 0.3 is 5.97 Å². The second-order valence-corrected chi connectivity index (χ2v) is 5.32. The van der Waals surface area contributed by atoms with Crippen LogP contribution in [0, 0.1) is 12.8 Å². The Labute approximate surface area is 123 Å². The van der Waals surface area contributed by atoms with Crippen molar-refractivity contribution in [2.45, 2.75) is 33.6 Å². The van der Waals surface area contributed by atoms with Gasteiger partial charge in [0.05, 0.1) is 5.69 Å². The molecule has 1 heterocycles. The van der Waals surface area contributed by atoms with E-state index in [0.29, 0.717) is 15.7 Å². The molecule has 1 N–H and O–H groups in total. The summed E-state index contributed by atoms with van der Waals surface area (Å²) >= 11 is 1.13. The smallest absolute Gasteiger partial charge is 0.350 e. The first-order valence-corrected chi connectivity index (χ1v) is 7.41. The molecule has 5 nitrogen and oxygen atoms in total. The second-order valence-electron chi connectivity index (χ2n) is 4.32. The van der Waals surface area contributed by atoms with Gasteiger partial charge in [-0.25, -0.2) is 9.78 Å². The van der Waals surface area contributed by atoms with Gasteiger partial charge in [-0.15, -0.1) is 0 Å². The largest absolute Gasteiger partial charge is 0.457 e. The topological polar surface area (TPSA) is 68.3 Å². The third-order valence-electron chi connectivity index (χ3n) is 2.90. The maximum Gasteiger partial charge on any atom is 0.350 e. The Balaban J connectivity index is 2.77. The van der Waals surface area contributed by atoms with Crippen LogP contribution in [0.5, 0.6) is 0 Å². The summed E-state index contributed by atoms with van der Waals surface area (Å²) in [6.45, 7) is 9.30. The van der Waals surface area contributed by atoms with Gasteiger partial charge < -0.3 is 10.1 Å². The van der Waals surface area contributed by atoms with Crippen molar-refractivity contribution in [3.8, 4) is 0 Å². The molecule has 0 saturated carbocycles. The summed E-state index contributed by atoms with van der Waals surface area (Å²) in [6, 6.07) is 0. The Hall–Kier alpha value is -1.69. The summed E-state index contributed by atoms with van der Waals surface area (Å²) in [7, 11) is 0. The molecule has 0 saturated heterocycles. The summed E-state index contributed by atoms with van der Waals surface area (Å²) in [5.74, 6) is -0.534. The van der Waals surface area contributed by atoms with Crippen LogP contribution in [-0.2, 0) is 9.53 Å². The molecule has 0 radical (unpaired) electrons. The summed E-state index contributed by atoms with van der Waals surface area (Å²) < 4.78 is 4.97. The minimum atomic E-state index is -0.442. The van der Waals surface area contributed by atoms with E-state index < -0.39 is 5.97 Å². The van der Waals surface area contributed by atoms with E-state index in [0.717, 1.165) is 24.2 Å². The van der Waals surface area contributed by atoms with Crippen molar-refractivity contribution in [2.24, 2.45) is 5.92 Å². The number of amides is 1. The number of hydrogen-bond acceptors (Lipinski definition) is 5. The highest BCUT2D eigenvalue weighted by Crippen LogP contribution is 2.24. The minimum absolute atomic E-state index is 0.0321. The average molecular weight is 296 g/mol. The molecule has 0 aliphatic rings. The van der Waals surface area contributed by atoms with E-state index in [9.17, 15) is 9.59 Å². The summed E-state index contributed by atoms with van der Waals surface area (Å²) in [4.78, 5) is 28.3. The Morgan fingerprint density at radius 2 is 2.10 bits per heavy atom. The fourth-order valence-electron chi connectivity index (χ4n) is 1.71. The van der Waals surface area contributed by atoms with Crippen LogP contribution in [0.2, 0.25) is 0 Å². The number of carbonyl (C=O) groups is 2. The number of hydrogen-bond donors (Lipinski definition) is 1. The molecule has 1 amide bonds. The number of anilines is 1. The molecule has 0 aliphatic heterocycles. The number of carbonyl (C=O) groups excluding carboxylic acids is 2. The Morgan fingerprint density at radius 1 is 1.45 bits per heavy atom. The third kappa shape index (κ3) is 4.16. The zero-order valence-electron chi connectivity index (χ0n) is 12.1. The molecular formula is C14H20N2O3S.